The molecule has 0 bridgehead atoms. The molecule has 0 saturated heterocycles. The fourth-order valence-corrected chi connectivity index (χ4v) is 4.58. The van der Waals surface area contributed by atoms with Crippen LogP contribution in [0.3, 0.4) is 0 Å². The van der Waals surface area contributed by atoms with Crippen LogP contribution in [0.1, 0.15) is 28.2 Å². The van der Waals surface area contributed by atoms with E-state index in [0.717, 1.165) is 0 Å². The first kappa shape index (κ1) is 21.0. The van der Waals surface area contributed by atoms with E-state index in [2.05, 4.69) is 84.9 Å². The van der Waals surface area contributed by atoms with Crippen molar-refractivity contribution < 1.29 is 47.7 Å². The molecule has 0 amide bonds. The second-order valence-corrected chi connectivity index (χ2v) is 7.54. The zero-order valence-electron chi connectivity index (χ0n) is 14.1. The van der Waals surface area contributed by atoms with Gasteiger partial charge in [-0.15, -0.1) is 0 Å². The number of benzene rings is 3. The zero-order valence-corrected chi connectivity index (χ0v) is 17.2. The Morgan fingerprint density at radius 2 is 1.38 bits per heavy atom. The van der Waals surface area contributed by atoms with Crippen LogP contribution in [0.15, 0.2) is 84.9 Å². The van der Waals surface area contributed by atoms with Crippen molar-refractivity contribution in [3.63, 3.8) is 0 Å². The summed E-state index contributed by atoms with van der Waals surface area (Å²) in [5.41, 5.74) is 5.37. The largest absolute Gasteiger partial charge is 1.00 e. The van der Waals surface area contributed by atoms with Crippen molar-refractivity contribution in [2.75, 3.05) is 0 Å². The fraction of sp³-hybridized carbons (Fsp3) is 0.0909. The summed E-state index contributed by atoms with van der Waals surface area (Å²) < 4.78 is 7.48. The molecule has 1 nitrogen and oxygen atoms in total. The number of allylic oxidation sites excluding steroid dienone is 1. The molecule has 0 aliphatic heterocycles. The Kier molecular flexibility index (Phi) is 8.15. The van der Waals surface area contributed by atoms with Crippen LogP contribution in [-0.2, 0) is 29.5 Å². The SMILES string of the molecule is C1=CC(c2cccc[c]2[Ti+2][O]Cc2ccccc2)c2ccccc21.[Cl-].[Cl-]. The van der Waals surface area contributed by atoms with E-state index in [9.17, 15) is 0 Å². The van der Waals surface area contributed by atoms with Crippen molar-refractivity contribution in [3.05, 3.63) is 107 Å². The number of fused-ring (bicyclic) bond motifs is 1. The second-order valence-electron chi connectivity index (χ2n) is 5.93. The monoisotopic (exact) mass is 416 g/mol. The molecule has 4 rings (SSSR count). The van der Waals surface area contributed by atoms with Crippen LogP contribution in [0.4, 0.5) is 0 Å². The summed E-state index contributed by atoms with van der Waals surface area (Å²) in [7, 11) is 0. The Morgan fingerprint density at radius 3 is 2.19 bits per heavy atom. The van der Waals surface area contributed by atoms with E-state index in [-0.39, 0.29) is 24.8 Å². The molecule has 0 N–H and O–H groups in total. The van der Waals surface area contributed by atoms with E-state index < -0.39 is 19.5 Å². The van der Waals surface area contributed by atoms with Gasteiger partial charge in [-0.1, -0.05) is 0 Å². The summed E-state index contributed by atoms with van der Waals surface area (Å²) in [6.45, 7) is 0.701. The van der Waals surface area contributed by atoms with Crippen molar-refractivity contribution >= 4 is 9.94 Å². The van der Waals surface area contributed by atoms with Gasteiger partial charge in [0.25, 0.3) is 0 Å². The van der Waals surface area contributed by atoms with Crippen molar-refractivity contribution in [1.29, 1.82) is 0 Å². The number of halogens is 2. The Bertz CT molecular complexity index is 865. The van der Waals surface area contributed by atoms with Crippen LogP contribution < -0.4 is 28.7 Å². The van der Waals surface area contributed by atoms with Gasteiger partial charge >= 0.3 is 153 Å². The average molecular weight is 417 g/mol. The van der Waals surface area contributed by atoms with Crippen molar-refractivity contribution in [3.8, 4) is 0 Å². The third-order valence-electron chi connectivity index (χ3n) is 4.36. The van der Waals surface area contributed by atoms with Crippen molar-refractivity contribution in [2.45, 2.75) is 12.5 Å². The van der Waals surface area contributed by atoms with Gasteiger partial charge in [0, 0.05) is 0 Å². The molecule has 0 fully saturated rings. The molecule has 130 valence electrons. The van der Waals surface area contributed by atoms with Gasteiger partial charge in [0.05, 0.1) is 0 Å². The van der Waals surface area contributed by atoms with Gasteiger partial charge in [-0.2, -0.15) is 0 Å². The van der Waals surface area contributed by atoms with Gasteiger partial charge in [-0.3, -0.25) is 0 Å². The topological polar surface area (TPSA) is 9.23 Å². The van der Waals surface area contributed by atoms with Gasteiger partial charge in [0.2, 0.25) is 0 Å². The van der Waals surface area contributed by atoms with Crippen molar-refractivity contribution in [1.82, 2.24) is 0 Å². The molecule has 3 aromatic rings. The Morgan fingerprint density at radius 1 is 0.731 bits per heavy atom. The van der Waals surface area contributed by atoms with E-state index in [0.29, 0.717) is 12.5 Å². The third-order valence-corrected chi connectivity index (χ3v) is 5.86. The summed E-state index contributed by atoms with van der Waals surface area (Å²) in [5, 5.41) is 0. The number of hydrogen-bond donors (Lipinski definition) is 0. The van der Waals surface area contributed by atoms with Crippen LogP contribution in [0.2, 0.25) is 0 Å². The summed E-state index contributed by atoms with van der Waals surface area (Å²) in [4.78, 5) is 0. The normalized spacial score (nSPS) is 13.9. The van der Waals surface area contributed by atoms with Gasteiger partial charge in [-0.05, 0) is 0 Å². The first-order valence-electron chi connectivity index (χ1n) is 8.19. The third kappa shape index (κ3) is 4.68. The molecule has 26 heavy (non-hydrogen) atoms. The van der Waals surface area contributed by atoms with E-state index >= 15 is 0 Å². The predicted molar refractivity (Wildman–Crippen MR) is 94.6 cm³/mol. The molecule has 1 aliphatic rings. The van der Waals surface area contributed by atoms with E-state index in [1.54, 1.807) is 0 Å². The summed E-state index contributed by atoms with van der Waals surface area (Å²) in [5.74, 6) is 0.362. The van der Waals surface area contributed by atoms with E-state index in [4.69, 9.17) is 3.32 Å². The molecule has 0 heterocycles. The molecular formula is C22H18Cl2OTi. The zero-order chi connectivity index (χ0) is 16.2. The first-order valence-corrected chi connectivity index (χ1v) is 9.61. The van der Waals surface area contributed by atoms with Gasteiger partial charge in [0.15, 0.2) is 0 Å². The van der Waals surface area contributed by atoms with Crippen LogP contribution in [0.5, 0.6) is 0 Å². The fourth-order valence-electron chi connectivity index (χ4n) is 3.15. The minimum atomic E-state index is -0.613. The maximum Gasteiger partial charge on any atom is -1.00 e. The molecule has 1 atom stereocenters. The Hall–Kier alpha value is -1.35. The van der Waals surface area contributed by atoms with Gasteiger partial charge in [0.1, 0.15) is 0 Å². The predicted octanol–water partition coefficient (Wildman–Crippen LogP) is -1.31. The molecule has 1 aliphatic carbocycles. The number of hydrogen-bond acceptors (Lipinski definition) is 1. The molecular weight excluding hydrogens is 399 g/mol. The maximum atomic E-state index is 6.09. The molecule has 0 saturated carbocycles. The Balaban J connectivity index is 0.00000121. The minimum absolute atomic E-state index is 0. The van der Waals surface area contributed by atoms with Crippen LogP contribution in [0, 0.1) is 0 Å². The number of rotatable bonds is 5. The van der Waals surface area contributed by atoms with Crippen LogP contribution in [0.25, 0.3) is 6.08 Å². The molecule has 1 unspecified atom stereocenters. The molecule has 3 aromatic carbocycles. The van der Waals surface area contributed by atoms with Crippen molar-refractivity contribution in [2.24, 2.45) is 0 Å². The van der Waals surface area contributed by atoms with Crippen LogP contribution >= 0.6 is 0 Å². The first-order chi connectivity index (χ1) is 11.9. The molecule has 0 radical (unpaired) electrons. The summed E-state index contributed by atoms with van der Waals surface area (Å²) in [6, 6.07) is 27.8. The van der Waals surface area contributed by atoms with Gasteiger partial charge < -0.3 is 24.8 Å². The maximum absolute atomic E-state index is 6.09. The molecule has 4 heteroatoms. The van der Waals surface area contributed by atoms with Crippen LogP contribution in [-0.4, -0.2) is 0 Å². The molecule has 0 spiro atoms. The smallest absolute Gasteiger partial charge is 1.00 e. The quantitative estimate of drug-likeness (QED) is 0.469. The second kappa shape index (κ2) is 10.1. The van der Waals surface area contributed by atoms with Gasteiger partial charge in [-0.25, -0.2) is 0 Å². The summed E-state index contributed by atoms with van der Waals surface area (Å²) >= 11 is -0.613. The summed E-state index contributed by atoms with van der Waals surface area (Å²) in [6.07, 6.45) is 4.55. The van der Waals surface area contributed by atoms with E-state index in [1.807, 2.05) is 6.07 Å². The Labute approximate surface area is 176 Å². The standard InChI is InChI=1S/C15H11.C7H7O.2ClH.Ti/c1-2-6-12(7-3-1)15-11-10-13-8-4-5-9-14(13)15;8-6-7-4-2-1-3-5-7;;;/h1-6,8-11,15H;1-5H,6H2;2*1H;/q;-1;;;+3/p-2. The molecule has 0 aromatic heterocycles. The minimum Gasteiger partial charge on any atom is -1.00 e. The van der Waals surface area contributed by atoms with E-state index in [1.165, 1.54) is 26.1 Å². The average Bonchev–Trinajstić information content (AvgIpc) is 3.07.